The highest BCUT2D eigenvalue weighted by atomic mass is 19.4. The Morgan fingerprint density at radius 1 is 1.25 bits per heavy atom. The zero-order valence-corrected chi connectivity index (χ0v) is 13.9. The Hall–Kier alpha value is -1.76. The highest BCUT2D eigenvalue weighted by Gasteiger charge is 2.27. The number of alkyl halides is 3. The molecule has 1 heterocycles. The van der Waals surface area contributed by atoms with E-state index < -0.39 is 12.8 Å². The van der Waals surface area contributed by atoms with Crippen molar-refractivity contribution in [3.63, 3.8) is 0 Å². The maximum absolute atomic E-state index is 12.1. The van der Waals surface area contributed by atoms with Gasteiger partial charge in [-0.1, -0.05) is 24.3 Å². The van der Waals surface area contributed by atoms with Crippen molar-refractivity contribution < 1.29 is 17.9 Å². The number of aliphatic imine (C=N–C) groups is 1. The number of hydrogen-bond acceptors (Lipinski definition) is 2. The molecule has 0 aromatic heterocycles. The van der Waals surface area contributed by atoms with Crippen LogP contribution >= 0.6 is 0 Å². The fraction of sp³-hybridized carbons (Fsp3) is 0.588. The van der Waals surface area contributed by atoms with Crippen LogP contribution in [0.4, 0.5) is 13.2 Å². The molecule has 1 aromatic rings. The van der Waals surface area contributed by atoms with Crippen LogP contribution in [-0.2, 0) is 17.9 Å². The van der Waals surface area contributed by atoms with Crippen LogP contribution in [0.2, 0.25) is 0 Å². The second-order valence-corrected chi connectivity index (χ2v) is 5.79. The van der Waals surface area contributed by atoms with Crippen LogP contribution in [0, 0.1) is 0 Å². The van der Waals surface area contributed by atoms with Gasteiger partial charge in [0.25, 0.3) is 0 Å². The molecule has 1 aliphatic rings. The highest BCUT2D eigenvalue weighted by Crippen LogP contribution is 2.16. The van der Waals surface area contributed by atoms with Crippen LogP contribution in [0.5, 0.6) is 0 Å². The number of likely N-dealkylation sites (tertiary alicyclic amines) is 1. The molecule has 2 rings (SSSR count). The number of nitrogens with zero attached hydrogens (tertiary/aromatic N) is 2. The third-order valence-electron chi connectivity index (χ3n) is 3.68. The Balaban J connectivity index is 1.93. The van der Waals surface area contributed by atoms with Crippen molar-refractivity contribution in [2.45, 2.75) is 39.1 Å². The average Bonchev–Trinajstić information content (AvgIpc) is 3.05. The molecule has 24 heavy (non-hydrogen) atoms. The van der Waals surface area contributed by atoms with Crippen LogP contribution in [0.15, 0.2) is 29.3 Å². The zero-order chi connectivity index (χ0) is 17.4. The first kappa shape index (κ1) is 18.6. The second-order valence-electron chi connectivity index (χ2n) is 5.79. The van der Waals surface area contributed by atoms with Gasteiger partial charge in [0.2, 0.25) is 0 Å². The minimum Gasteiger partial charge on any atom is -0.367 e. The molecule has 1 aromatic carbocycles. The van der Waals surface area contributed by atoms with E-state index in [2.05, 4.69) is 15.2 Å². The smallest absolute Gasteiger partial charge is 0.367 e. The SMILES string of the molecule is CCNC(=NCc1cccc(COCC(F)(F)F)c1)N1CCCC1. The van der Waals surface area contributed by atoms with E-state index in [0.29, 0.717) is 6.54 Å². The lowest BCUT2D eigenvalue weighted by Gasteiger charge is -2.20. The summed E-state index contributed by atoms with van der Waals surface area (Å²) in [4.78, 5) is 6.87. The lowest BCUT2D eigenvalue weighted by molar-refractivity contribution is -0.176. The summed E-state index contributed by atoms with van der Waals surface area (Å²) < 4.78 is 41.0. The van der Waals surface area contributed by atoms with E-state index in [4.69, 9.17) is 4.74 Å². The van der Waals surface area contributed by atoms with Gasteiger partial charge in [0.15, 0.2) is 5.96 Å². The van der Waals surface area contributed by atoms with Crippen LogP contribution in [-0.4, -0.2) is 43.3 Å². The number of ether oxygens (including phenoxy) is 1. The van der Waals surface area contributed by atoms with Crippen molar-refractivity contribution in [2.75, 3.05) is 26.2 Å². The van der Waals surface area contributed by atoms with E-state index in [-0.39, 0.29) is 6.61 Å². The van der Waals surface area contributed by atoms with E-state index in [9.17, 15) is 13.2 Å². The van der Waals surface area contributed by atoms with E-state index >= 15 is 0 Å². The van der Waals surface area contributed by atoms with Crippen molar-refractivity contribution in [3.8, 4) is 0 Å². The first-order chi connectivity index (χ1) is 11.5. The fourth-order valence-corrected chi connectivity index (χ4v) is 2.62. The third-order valence-corrected chi connectivity index (χ3v) is 3.68. The predicted molar refractivity (Wildman–Crippen MR) is 87.8 cm³/mol. The van der Waals surface area contributed by atoms with Gasteiger partial charge in [-0.05, 0) is 30.9 Å². The lowest BCUT2D eigenvalue weighted by atomic mass is 10.1. The van der Waals surface area contributed by atoms with Crippen LogP contribution in [0.3, 0.4) is 0 Å². The number of hydrogen-bond donors (Lipinski definition) is 1. The molecule has 134 valence electrons. The van der Waals surface area contributed by atoms with Gasteiger partial charge in [0.05, 0.1) is 13.2 Å². The summed E-state index contributed by atoms with van der Waals surface area (Å²) >= 11 is 0. The molecule has 0 spiro atoms. The number of halogens is 3. The molecule has 1 N–H and O–H groups in total. The molecule has 0 unspecified atom stereocenters. The maximum Gasteiger partial charge on any atom is 0.411 e. The fourth-order valence-electron chi connectivity index (χ4n) is 2.62. The van der Waals surface area contributed by atoms with Crippen LogP contribution in [0.25, 0.3) is 0 Å². The minimum atomic E-state index is -4.29. The summed E-state index contributed by atoms with van der Waals surface area (Å²) in [6.45, 7) is 4.07. The maximum atomic E-state index is 12.1. The summed E-state index contributed by atoms with van der Waals surface area (Å²) in [5, 5.41) is 3.29. The number of guanidine groups is 1. The standard InChI is InChI=1S/C17H24F3N3O/c1-2-21-16(23-8-3-4-9-23)22-11-14-6-5-7-15(10-14)12-24-13-17(18,19)20/h5-7,10H,2-4,8-9,11-13H2,1H3,(H,21,22). The van der Waals surface area contributed by atoms with E-state index in [1.165, 1.54) is 12.8 Å². The Kier molecular flexibility index (Phi) is 6.90. The van der Waals surface area contributed by atoms with Crippen molar-refractivity contribution in [1.82, 2.24) is 10.2 Å². The second kappa shape index (κ2) is 8.92. The predicted octanol–water partition coefficient (Wildman–Crippen LogP) is 3.33. The number of benzene rings is 1. The van der Waals surface area contributed by atoms with Crippen molar-refractivity contribution in [2.24, 2.45) is 4.99 Å². The Morgan fingerprint density at radius 2 is 1.96 bits per heavy atom. The van der Waals surface area contributed by atoms with Gasteiger partial charge in [-0.2, -0.15) is 13.2 Å². The molecule has 1 aliphatic heterocycles. The summed E-state index contributed by atoms with van der Waals surface area (Å²) in [6, 6.07) is 7.34. The van der Waals surface area contributed by atoms with Gasteiger partial charge in [0.1, 0.15) is 6.61 Å². The summed E-state index contributed by atoms with van der Waals surface area (Å²) in [6.07, 6.45) is -1.94. The van der Waals surface area contributed by atoms with Crippen LogP contribution < -0.4 is 5.32 Å². The molecule has 4 nitrogen and oxygen atoms in total. The van der Waals surface area contributed by atoms with Gasteiger partial charge in [-0.25, -0.2) is 4.99 Å². The van der Waals surface area contributed by atoms with Crippen molar-refractivity contribution >= 4 is 5.96 Å². The summed E-state index contributed by atoms with van der Waals surface area (Å²) in [5.41, 5.74) is 1.68. The first-order valence-corrected chi connectivity index (χ1v) is 8.23. The average molecular weight is 343 g/mol. The Bertz CT molecular complexity index is 540. The van der Waals surface area contributed by atoms with E-state index in [1.54, 1.807) is 6.07 Å². The molecule has 0 radical (unpaired) electrons. The monoisotopic (exact) mass is 343 g/mol. The summed E-state index contributed by atoms with van der Waals surface area (Å²) in [7, 11) is 0. The molecule has 1 fully saturated rings. The minimum absolute atomic E-state index is 0.0523. The molecule has 1 saturated heterocycles. The van der Waals surface area contributed by atoms with E-state index in [0.717, 1.165) is 36.7 Å². The lowest BCUT2D eigenvalue weighted by Crippen LogP contribution is -2.39. The van der Waals surface area contributed by atoms with Gasteiger partial charge in [-0.3, -0.25) is 0 Å². The normalized spacial score (nSPS) is 15.8. The molecule has 0 atom stereocenters. The molecule has 0 bridgehead atoms. The van der Waals surface area contributed by atoms with Gasteiger partial charge in [0, 0.05) is 19.6 Å². The quantitative estimate of drug-likeness (QED) is 0.636. The highest BCUT2D eigenvalue weighted by molar-refractivity contribution is 5.80. The van der Waals surface area contributed by atoms with Gasteiger partial charge < -0.3 is 15.0 Å². The largest absolute Gasteiger partial charge is 0.411 e. The third kappa shape index (κ3) is 6.39. The number of nitrogens with one attached hydrogen (secondary N) is 1. The molecule has 7 heteroatoms. The van der Waals surface area contributed by atoms with Crippen molar-refractivity contribution in [1.29, 1.82) is 0 Å². The molecular formula is C17H24F3N3O. The summed E-state index contributed by atoms with van der Waals surface area (Å²) in [5.74, 6) is 0.897. The van der Waals surface area contributed by atoms with Gasteiger partial charge >= 0.3 is 6.18 Å². The Morgan fingerprint density at radius 3 is 2.62 bits per heavy atom. The Labute approximate surface area is 140 Å². The van der Waals surface area contributed by atoms with E-state index in [1.807, 2.05) is 25.1 Å². The van der Waals surface area contributed by atoms with Crippen molar-refractivity contribution in [3.05, 3.63) is 35.4 Å². The molecule has 0 aliphatic carbocycles. The molecule has 0 amide bonds. The topological polar surface area (TPSA) is 36.9 Å². The molecule has 0 saturated carbocycles. The molecular weight excluding hydrogens is 319 g/mol. The van der Waals surface area contributed by atoms with Gasteiger partial charge in [-0.15, -0.1) is 0 Å². The number of rotatable bonds is 6. The first-order valence-electron chi connectivity index (χ1n) is 8.23. The zero-order valence-electron chi connectivity index (χ0n) is 13.9. The van der Waals surface area contributed by atoms with Crippen LogP contribution in [0.1, 0.15) is 30.9 Å².